The Labute approximate surface area is 192 Å². The molecule has 0 bridgehead atoms. The summed E-state index contributed by atoms with van der Waals surface area (Å²) in [6, 6.07) is 6.01. The van der Waals surface area contributed by atoms with E-state index in [9.17, 15) is 4.79 Å². The fourth-order valence-electron chi connectivity index (χ4n) is 4.20. The minimum atomic E-state index is -0.492. The third-order valence-electron chi connectivity index (χ3n) is 6.04. The molecule has 0 aliphatic heterocycles. The van der Waals surface area contributed by atoms with Crippen LogP contribution in [0.3, 0.4) is 0 Å². The maximum Gasteiger partial charge on any atom is 0.253 e. The van der Waals surface area contributed by atoms with E-state index in [-0.39, 0.29) is 5.91 Å². The molecule has 6 rings (SSSR count). The van der Waals surface area contributed by atoms with Crippen LogP contribution in [0.5, 0.6) is 0 Å². The van der Waals surface area contributed by atoms with Gasteiger partial charge in [0.25, 0.3) is 5.91 Å². The van der Waals surface area contributed by atoms with Gasteiger partial charge in [-0.3, -0.25) is 18.9 Å². The van der Waals surface area contributed by atoms with Crippen LogP contribution in [0, 0.1) is 20.8 Å². The van der Waals surface area contributed by atoms with E-state index in [1.54, 1.807) is 11.3 Å². The predicted molar refractivity (Wildman–Crippen MR) is 122 cm³/mol. The van der Waals surface area contributed by atoms with Crippen molar-refractivity contribution in [2.45, 2.75) is 39.2 Å². The average molecular weight is 460 g/mol. The standard InChI is InChI=1S/C22H21N9OS/c1-12-4-5-18(33-12)17-9-23-19-16(31-13(2)27-28-14(31)3)8-15(10-30(17)19)20(32)26-22(6-7-22)21-24-11-25-29-21/h4-5,8-11H,6-7H2,1-3H3,(H,26,32)(H,24,25,29). The van der Waals surface area contributed by atoms with Gasteiger partial charge >= 0.3 is 0 Å². The molecule has 0 atom stereocenters. The Bertz CT molecular complexity index is 1480. The van der Waals surface area contributed by atoms with E-state index in [4.69, 9.17) is 4.98 Å². The third-order valence-corrected chi connectivity index (χ3v) is 7.06. The molecule has 11 heteroatoms. The van der Waals surface area contributed by atoms with Crippen molar-refractivity contribution >= 4 is 22.9 Å². The minimum absolute atomic E-state index is 0.183. The average Bonchev–Trinajstić information content (AvgIpc) is 3.29. The molecule has 1 aliphatic rings. The predicted octanol–water partition coefficient (Wildman–Crippen LogP) is 3.11. The number of imidazole rings is 1. The van der Waals surface area contributed by atoms with Crippen LogP contribution < -0.4 is 5.32 Å². The topological polar surface area (TPSA) is 119 Å². The summed E-state index contributed by atoms with van der Waals surface area (Å²) in [5.41, 5.74) is 2.44. The van der Waals surface area contributed by atoms with Crippen molar-refractivity contribution in [3.8, 4) is 16.3 Å². The van der Waals surface area contributed by atoms with Gasteiger partial charge < -0.3 is 5.32 Å². The molecule has 1 aliphatic carbocycles. The molecule has 0 saturated heterocycles. The van der Waals surface area contributed by atoms with E-state index in [2.05, 4.69) is 49.8 Å². The SMILES string of the molecule is Cc1ccc(-c2cnc3c(-n4c(C)nnc4C)cc(C(=O)NC4(c5ncn[nH]5)CC4)cn23)s1. The Hall–Kier alpha value is -3.86. The van der Waals surface area contributed by atoms with E-state index in [0.717, 1.165) is 46.4 Å². The monoisotopic (exact) mass is 459 g/mol. The van der Waals surface area contributed by atoms with Crippen molar-refractivity contribution in [2.24, 2.45) is 0 Å². The molecule has 1 saturated carbocycles. The smallest absolute Gasteiger partial charge is 0.253 e. The number of H-pyrrole nitrogens is 1. The molecule has 0 spiro atoms. The highest BCUT2D eigenvalue weighted by atomic mass is 32.1. The fourth-order valence-corrected chi connectivity index (χ4v) is 5.08. The summed E-state index contributed by atoms with van der Waals surface area (Å²) in [6.07, 6.45) is 6.79. The van der Waals surface area contributed by atoms with E-state index in [1.807, 2.05) is 41.3 Å². The van der Waals surface area contributed by atoms with Crippen LogP contribution in [0.2, 0.25) is 0 Å². The van der Waals surface area contributed by atoms with Gasteiger partial charge in [0, 0.05) is 11.1 Å². The molecule has 10 nitrogen and oxygen atoms in total. The molecule has 0 radical (unpaired) electrons. The van der Waals surface area contributed by atoms with Gasteiger partial charge in [-0.25, -0.2) is 9.97 Å². The van der Waals surface area contributed by atoms with E-state index in [0.29, 0.717) is 11.4 Å². The van der Waals surface area contributed by atoms with Gasteiger partial charge in [-0.15, -0.1) is 21.5 Å². The van der Waals surface area contributed by atoms with E-state index < -0.39 is 5.54 Å². The van der Waals surface area contributed by atoms with Gasteiger partial charge in [0.2, 0.25) is 0 Å². The zero-order valence-electron chi connectivity index (χ0n) is 18.3. The summed E-state index contributed by atoms with van der Waals surface area (Å²) in [5, 5.41) is 18.4. The summed E-state index contributed by atoms with van der Waals surface area (Å²) < 4.78 is 3.90. The molecular weight excluding hydrogens is 438 g/mol. The number of carbonyl (C=O) groups excluding carboxylic acids is 1. The van der Waals surface area contributed by atoms with Gasteiger partial charge in [0.05, 0.1) is 33.6 Å². The fraction of sp³-hybridized carbons (Fsp3) is 0.273. The second kappa shape index (κ2) is 7.07. The van der Waals surface area contributed by atoms with Crippen LogP contribution in [0.1, 0.15) is 45.5 Å². The lowest BCUT2D eigenvalue weighted by Gasteiger charge is -2.16. The Morgan fingerprint density at radius 3 is 2.58 bits per heavy atom. The lowest BCUT2D eigenvalue weighted by Crippen LogP contribution is -2.36. The maximum atomic E-state index is 13.5. The molecule has 5 aromatic heterocycles. The number of hydrogen-bond donors (Lipinski definition) is 2. The van der Waals surface area contributed by atoms with E-state index in [1.165, 1.54) is 11.2 Å². The van der Waals surface area contributed by atoms with Crippen molar-refractivity contribution in [1.82, 2.24) is 44.6 Å². The molecule has 2 N–H and O–H groups in total. The minimum Gasteiger partial charge on any atom is -0.339 e. The molecular formula is C22H21N9OS. The highest BCUT2D eigenvalue weighted by Crippen LogP contribution is 2.43. The van der Waals surface area contributed by atoms with E-state index >= 15 is 0 Å². The van der Waals surface area contributed by atoms with Crippen molar-refractivity contribution in [3.05, 3.63) is 64.8 Å². The number of aryl methyl sites for hydroxylation is 3. The highest BCUT2D eigenvalue weighted by molar-refractivity contribution is 7.15. The first-order chi connectivity index (χ1) is 15.9. The van der Waals surface area contributed by atoms with Gasteiger partial charge in [0.15, 0.2) is 5.65 Å². The number of carbonyl (C=O) groups is 1. The summed E-state index contributed by atoms with van der Waals surface area (Å²) >= 11 is 1.69. The normalized spacial score (nSPS) is 14.6. The van der Waals surface area contributed by atoms with Crippen LogP contribution in [-0.4, -0.2) is 45.2 Å². The molecule has 1 amide bonds. The van der Waals surface area contributed by atoms with Crippen molar-refractivity contribution in [2.75, 3.05) is 0 Å². The van der Waals surface area contributed by atoms with Gasteiger partial charge in [-0.1, -0.05) is 0 Å². The molecule has 5 aromatic rings. The lowest BCUT2D eigenvalue weighted by atomic mass is 10.2. The van der Waals surface area contributed by atoms with Crippen molar-refractivity contribution in [3.63, 3.8) is 0 Å². The summed E-state index contributed by atoms with van der Waals surface area (Å²) in [7, 11) is 0. The first kappa shape index (κ1) is 19.8. The second-order valence-corrected chi connectivity index (χ2v) is 9.65. The van der Waals surface area contributed by atoms with Gasteiger partial charge in [-0.2, -0.15) is 5.10 Å². The van der Waals surface area contributed by atoms with Crippen LogP contribution in [0.25, 0.3) is 21.9 Å². The van der Waals surface area contributed by atoms with Crippen LogP contribution in [-0.2, 0) is 5.54 Å². The summed E-state index contributed by atoms with van der Waals surface area (Å²) in [4.78, 5) is 24.7. The second-order valence-electron chi connectivity index (χ2n) is 8.36. The Balaban J connectivity index is 1.51. The zero-order chi connectivity index (χ0) is 22.7. The molecule has 0 unspecified atom stereocenters. The zero-order valence-corrected chi connectivity index (χ0v) is 19.1. The number of amides is 1. The third kappa shape index (κ3) is 3.15. The molecule has 5 heterocycles. The van der Waals surface area contributed by atoms with Crippen molar-refractivity contribution < 1.29 is 4.79 Å². The quantitative estimate of drug-likeness (QED) is 0.417. The first-order valence-corrected chi connectivity index (χ1v) is 11.4. The molecule has 33 heavy (non-hydrogen) atoms. The van der Waals surface area contributed by atoms with Gasteiger partial charge in [0.1, 0.15) is 23.8 Å². The number of rotatable bonds is 5. The number of hydrogen-bond acceptors (Lipinski definition) is 7. The largest absolute Gasteiger partial charge is 0.339 e. The number of aromatic amines is 1. The molecule has 166 valence electrons. The van der Waals surface area contributed by atoms with Crippen LogP contribution in [0.4, 0.5) is 0 Å². The summed E-state index contributed by atoms with van der Waals surface area (Å²) in [5.74, 6) is 1.95. The number of nitrogens with zero attached hydrogens (tertiary/aromatic N) is 7. The van der Waals surface area contributed by atoms with Gasteiger partial charge in [-0.05, 0) is 51.8 Å². The van der Waals surface area contributed by atoms with Crippen molar-refractivity contribution in [1.29, 1.82) is 0 Å². The number of pyridine rings is 1. The lowest BCUT2D eigenvalue weighted by molar-refractivity contribution is 0.0928. The Kier molecular flexibility index (Phi) is 4.24. The highest BCUT2D eigenvalue weighted by Gasteiger charge is 2.48. The number of nitrogens with one attached hydrogen (secondary N) is 2. The maximum absolute atomic E-state index is 13.5. The molecule has 1 fully saturated rings. The van der Waals surface area contributed by atoms with Crippen LogP contribution in [0.15, 0.2) is 36.9 Å². The number of thiophene rings is 1. The Morgan fingerprint density at radius 2 is 1.94 bits per heavy atom. The van der Waals surface area contributed by atoms with Crippen LogP contribution >= 0.6 is 11.3 Å². The molecule has 0 aromatic carbocycles. The Morgan fingerprint density at radius 1 is 1.15 bits per heavy atom. The number of aromatic nitrogens is 8. The summed E-state index contributed by atoms with van der Waals surface area (Å²) in [6.45, 7) is 5.85. The first-order valence-electron chi connectivity index (χ1n) is 10.6. The number of fused-ring (bicyclic) bond motifs is 1.